The van der Waals surface area contributed by atoms with Crippen LogP contribution in [0, 0.1) is 0 Å². The molecule has 0 atom stereocenters. The van der Waals surface area contributed by atoms with Crippen molar-refractivity contribution in [3.05, 3.63) is 48.4 Å². The highest BCUT2D eigenvalue weighted by Gasteiger charge is 2.09. The van der Waals surface area contributed by atoms with Gasteiger partial charge in [-0.25, -0.2) is 0 Å². The molecule has 4 heteroatoms. The van der Waals surface area contributed by atoms with Crippen LogP contribution in [0.3, 0.4) is 0 Å². The lowest BCUT2D eigenvalue weighted by Crippen LogP contribution is -2.43. The van der Waals surface area contributed by atoms with Crippen molar-refractivity contribution in [3.63, 3.8) is 0 Å². The van der Waals surface area contributed by atoms with Gasteiger partial charge in [-0.15, -0.1) is 0 Å². The standard InChI is InChI=1S/C15H18N2O2/c1-3-15(19-12-13-5-10-18-11-13)4-2-14(1)17-8-6-16-7-9-17/h1-5,10-11,16H,6-9,12H2. The fourth-order valence-electron chi connectivity index (χ4n) is 2.22. The van der Waals surface area contributed by atoms with Gasteiger partial charge in [-0.3, -0.25) is 0 Å². The van der Waals surface area contributed by atoms with Crippen molar-refractivity contribution in [1.82, 2.24) is 5.32 Å². The lowest BCUT2D eigenvalue weighted by molar-refractivity contribution is 0.305. The Bertz CT molecular complexity index is 487. The van der Waals surface area contributed by atoms with E-state index in [0.717, 1.165) is 37.5 Å². The van der Waals surface area contributed by atoms with E-state index in [1.165, 1.54) is 5.69 Å². The number of ether oxygens (including phenoxy) is 1. The summed E-state index contributed by atoms with van der Waals surface area (Å²) >= 11 is 0. The molecule has 1 aliphatic heterocycles. The van der Waals surface area contributed by atoms with Gasteiger partial charge in [0.2, 0.25) is 0 Å². The van der Waals surface area contributed by atoms with Crippen molar-refractivity contribution in [3.8, 4) is 5.75 Å². The third-order valence-electron chi connectivity index (χ3n) is 3.30. The van der Waals surface area contributed by atoms with Gasteiger partial charge < -0.3 is 19.4 Å². The van der Waals surface area contributed by atoms with Gasteiger partial charge >= 0.3 is 0 Å². The van der Waals surface area contributed by atoms with Gasteiger partial charge in [0.05, 0.1) is 12.5 Å². The van der Waals surface area contributed by atoms with Gasteiger partial charge in [0.25, 0.3) is 0 Å². The molecule has 0 radical (unpaired) electrons. The SMILES string of the molecule is c1cc(COc2ccc(N3CCNCC3)cc2)co1. The summed E-state index contributed by atoms with van der Waals surface area (Å²) in [5.74, 6) is 0.889. The maximum absolute atomic E-state index is 5.70. The second-order valence-corrected chi connectivity index (χ2v) is 4.65. The molecule has 0 bridgehead atoms. The summed E-state index contributed by atoms with van der Waals surface area (Å²) in [5, 5.41) is 3.36. The Hall–Kier alpha value is -1.94. The van der Waals surface area contributed by atoms with Crippen LogP contribution in [0.5, 0.6) is 5.75 Å². The normalized spacial score (nSPS) is 15.5. The van der Waals surface area contributed by atoms with E-state index in [1.54, 1.807) is 12.5 Å². The quantitative estimate of drug-likeness (QED) is 0.913. The summed E-state index contributed by atoms with van der Waals surface area (Å²) in [7, 11) is 0. The topological polar surface area (TPSA) is 37.6 Å². The first-order chi connectivity index (χ1) is 9.42. The van der Waals surface area contributed by atoms with Crippen LogP contribution in [0.15, 0.2) is 47.3 Å². The first-order valence-electron chi connectivity index (χ1n) is 6.61. The van der Waals surface area contributed by atoms with E-state index in [4.69, 9.17) is 9.15 Å². The first-order valence-corrected chi connectivity index (χ1v) is 6.61. The zero-order valence-corrected chi connectivity index (χ0v) is 10.8. The molecule has 0 aliphatic carbocycles. The molecule has 1 aromatic carbocycles. The van der Waals surface area contributed by atoms with Gasteiger partial charge in [0, 0.05) is 37.4 Å². The molecule has 1 aliphatic rings. The number of hydrogen-bond donors (Lipinski definition) is 1. The highest BCUT2D eigenvalue weighted by atomic mass is 16.5. The van der Waals surface area contributed by atoms with E-state index in [1.807, 2.05) is 18.2 Å². The summed E-state index contributed by atoms with van der Waals surface area (Å²) in [6.07, 6.45) is 3.36. The van der Waals surface area contributed by atoms with Crippen LogP contribution < -0.4 is 15.0 Å². The minimum absolute atomic E-state index is 0.545. The molecule has 100 valence electrons. The Kier molecular flexibility index (Phi) is 3.70. The van der Waals surface area contributed by atoms with E-state index in [0.29, 0.717) is 6.61 Å². The van der Waals surface area contributed by atoms with Crippen LogP contribution in [0.4, 0.5) is 5.69 Å². The van der Waals surface area contributed by atoms with Crippen LogP contribution >= 0.6 is 0 Å². The van der Waals surface area contributed by atoms with E-state index in [-0.39, 0.29) is 0 Å². The number of benzene rings is 1. The maximum Gasteiger partial charge on any atom is 0.119 e. The molecule has 3 rings (SSSR count). The Morgan fingerprint density at radius 2 is 1.89 bits per heavy atom. The molecule has 1 saturated heterocycles. The van der Waals surface area contributed by atoms with Gasteiger partial charge in [-0.1, -0.05) is 0 Å². The Balaban J connectivity index is 1.58. The predicted octanol–water partition coefficient (Wildman–Crippen LogP) is 2.27. The summed E-state index contributed by atoms with van der Waals surface area (Å²) in [6.45, 7) is 4.78. The molecule has 1 fully saturated rings. The molecule has 2 aromatic rings. The average Bonchev–Trinajstić information content (AvgIpc) is 3.00. The van der Waals surface area contributed by atoms with Crippen LogP contribution in [0.2, 0.25) is 0 Å². The molecule has 0 amide bonds. The highest BCUT2D eigenvalue weighted by Crippen LogP contribution is 2.20. The van der Waals surface area contributed by atoms with Gasteiger partial charge in [0.15, 0.2) is 0 Å². The Morgan fingerprint density at radius 1 is 1.11 bits per heavy atom. The van der Waals surface area contributed by atoms with E-state index < -0.39 is 0 Å². The van der Waals surface area contributed by atoms with Crippen molar-refractivity contribution >= 4 is 5.69 Å². The van der Waals surface area contributed by atoms with Crippen molar-refractivity contribution in [1.29, 1.82) is 0 Å². The monoisotopic (exact) mass is 258 g/mol. The minimum Gasteiger partial charge on any atom is -0.489 e. The Labute approximate surface area is 113 Å². The number of furan rings is 1. The predicted molar refractivity (Wildman–Crippen MR) is 74.6 cm³/mol. The average molecular weight is 258 g/mol. The van der Waals surface area contributed by atoms with Crippen LogP contribution in [0.1, 0.15) is 5.56 Å². The van der Waals surface area contributed by atoms with Crippen molar-refractivity contribution in [2.45, 2.75) is 6.61 Å². The minimum atomic E-state index is 0.545. The van der Waals surface area contributed by atoms with E-state index in [2.05, 4.69) is 22.3 Å². The second-order valence-electron chi connectivity index (χ2n) is 4.65. The molecule has 1 aromatic heterocycles. The zero-order valence-electron chi connectivity index (χ0n) is 10.8. The number of anilines is 1. The number of nitrogens with one attached hydrogen (secondary N) is 1. The number of piperazine rings is 1. The highest BCUT2D eigenvalue weighted by molar-refractivity contribution is 5.49. The second kappa shape index (κ2) is 5.80. The molecule has 1 N–H and O–H groups in total. The van der Waals surface area contributed by atoms with Crippen molar-refractivity contribution in [2.24, 2.45) is 0 Å². The van der Waals surface area contributed by atoms with Crippen molar-refractivity contribution in [2.75, 3.05) is 31.1 Å². The first kappa shape index (κ1) is 12.1. The summed E-state index contributed by atoms with van der Waals surface area (Å²) in [5.41, 5.74) is 2.31. The molecule has 4 nitrogen and oxygen atoms in total. The van der Waals surface area contributed by atoms with Crippen LogP contribution in [-0.2, 0) is 6.61 Å². The lowest BCUT2D eigenvalue weighted by Gasteiger charge is -2.29. The fraction of sp³-hybridized carbons (Fsp3) is 0.333. The number of hydrogen-bond acceptors (Lipinski definition) is 4. The molecular formula is C15H18N2O2. The van der Waals surface area contributed by atoms with E-state index >= 15 is 0 Å². The largest absolute Gasteiger partial charge is 0.489 e. The number of rotatable bonds is 4. The molecule has 19 heavy (non-hydrogen) atoms. The lowest BCUT2D eigenvalue weighted by atomic mass is 10.2. The third-order valence-corrected chi connectivity index (χ3v) is 3.30. The summed E-state index contributed by atoms with van der Waals surface area (Å²) in [6, 6.07) is 10.2. The van der Waals surface area contributed by atoms with Crippen LogP contribution in [0.25, 0.3) is 0 Å². The van der Waals surface area contributed by atoms with Gasteiger partial charge in [0.1, 0.15) is 12.4 Å². The zero-order chi connectivity index (χ0) is 12.9. The number of nitrogens with zero attached hydrogens (tertiary/aromatic N) is 1. The molecule has 0 spiro atoms. The molecule has 2 heterocycles. The molecule has 0 saturated carbocycles. The van der Waals surface area contributed by atoms with Gasteiger partial charge in [-0.05, 0) is 30.3 Å². The fourth-order valence-corrected chi connectivity index (χ4v) is 2.22. The molecule has 0 unspecified atom stereocenters. The smallest absolute Gasteiger partial charge is 0.119 e. The van der Waals surface area contributed by atoms with Crippen molar-refractivity contribution < 1.29 is 9.15 Å². The third kappa shape index (κ3) is 3.09. The van der Waals surface area contributed by atoms with E-state index in [9.17, 15) is 0 Å². The molecular weight excluding hydrogens is 240 g/mol. The van der Waals surface area contributed by atoms with Gasteiger partial charge in [-0.2, -0.15) is 0 Å². The maximum atomic E-state index is 5.70. The van der Waals surface area contributed by atoms with Crippen LogP contribution in [-0.4, -0.2) is 26.2 Å². The summed E-state index contributed by atoms with van der Waals surface area (Å²) < 4.78 is 10.7. The summed E-state index contributed by atoms with van der Waals surface area (Å²) in [4.78, 5) is 2.39. The Morgan fingerprint density at radius 3 is 2.58 bits per heavy atom.